The maximum Gasteiger partial charge on any atom is 0.338 e. The zero-order valence-corrected chi connectivity index (χ0v) is 20.4. The van der Waals surface area contributed by atoms with Crippen LogP contribution in [0.2, 0.25) is 0 Å². The molecule has 2 heterocycles. The summed E-state index contributed by atoms with van der Waals surface area (Å²) in [5.41, 5.74) is 0.993. The number of allylic oxidation sites excluding steroid dienone is 1. The van der Waals surface area contributed by atoms with Gasteiger partial charge in [0.2, 0.25) is 5.75 Å². The van der Waals surface area contributed by atoms with Crippen molar-refractivity contribution in [2.75, 3.05) is 7.11 Å². The Morgan fingerprint density at radius 2 is 2.06 bits per heavy atom. The number of hydrogen-bond donors (Lipinski definition) is 1. The van der Waals surface area contributed by atoms with Gasteiger partial charge in [-0.3, -0.25) is 19.5 Å². The number of ether oxygens (including phenoxy) is 1. The van der Waals surface area contributed by atoms with Gasteiger partial charge >= 0.3 is 11.7 Å². The zero-order valence-electron chi connectivity index (χ0n) is 18.0. The second kappa shape index (κ2) is 9.35. The van der Waals surface area contributed by atoms with Crippen LogP contribution in [0.15, 0.2) is 68.0 Å². The number of halogens is 1. The summed E-state index contributed by atoms with van der Waals surface area (Å²) in [6.45, 7) is 1.87. The van der Waals surface area contributed by atoms with Crippen LogP contribution in [-0.4, -0.2) is 27.7 Å². The average molecular weight is 544 g/mol. The largest absolute Gasteiger partial charge is 0.501 e. The van der Waals surface area contributed by atoms with E-state index in [4.69, 9.17) is 4.74 Å². The Labute approximate surface area is 205 Å². The molecule has 3 aromatic rings. The molecule has 0 amide bonds. The summed E-state index contributed by atoms with van der Waals surface area (Å²) >= 11 is 4.23. The highest BCUT2D eigenvalue weighted by Gasteiger charge is 2.33. The minimum atomic E-state index is -0.733. The summed E-state index contributed by atoms with van der Waals surface area (Å²) in [6.07, 6.45) is 1.95. The first kappa shape index (κ1) is 23.6. The van der Waals surface area contributed by atoms with Gasteiger partial charge in [0.15, 0.2) is 4.80 Å². The van der Waals surface area contributed by atoms with E-state index in [0.29, 0.717) is 22.5 Å². The highest BCUT2D eigenvalue weighted by Crippen LogP contribution is 2.35. The third-order valence-corrected chi connectivity index (χ3v) is 6.91. The van der Waals surface area contributed by atoms with E-state index in [1.54, 1.807) is 0 Å². The Balaban J connectivity index is 2.00. The van der Waals surface area contributed by atoms with Crippen LogP contribution in [0.25, 0.3) is 6.08 Å². The van der Waals surface area contributed by atoms with Crippen LogP contribution in [0.3, 0.4) is 0 Å². The quantitative estimate of drug-likeness (QED) is 0.299. The number of methoxy groups -OCH3 is 1. The second-order valence-electron chi connectivity index (χ2n) is 7.33. The van der Waals surface area contributed by atoms with E-state index in [0.717, 1.165) is 16.9 Å². The highest BCUT2D eigenvalue weighted by atomic mass is 79.9. The maximum atomic E-state index is 13.5. The fourth-order valence-electron chi connectivity index (χ4n) is 3.79. The van der Waals surface area contributed by atoms with E-state index in [9.17, 15) is 24.8 Å². The number of rotatable bonds is 5. The third-order valence-electron chi connectivity index (χ3n) is 5.33. The van der Waals surface area contributed by atoms with Crippen molar-refractivity contribution in [1.29, 1.82) is 0 Å². The number of thiazole rings is 1. The predicted molar refractivity (Wildman–Crippen MR) is 129 cm³/mol. The lowest BCUT2D eigenvalue weighted by Crippen LogP contribution is -2.40. The van der Waals surface area contributed by atoms with E-state index in [1.165, 1.54) is 29.9 Å². The molecular formula is C23H18BrN3O6S. The van der Waals surface area contributed by atoms with Crippen molar-refractivity contribution in [1.82, 2.24) is 4.57 Å². The normalized spacial score (nSPS) is 15.6. The number of nitro benzene ring substituents is 1. The number of carbonyl (C=O) groups excluding carboxylic acids is 1. The van der Waals surface area contributed by atoms with Crippen molar-refractivity contribution in [3.8, 4) is 5.75 Å². The average Bonchev–Trinajstić information content (AvgIpc) is 3.14. The van der Waals surface area contributed by atoms with E-state index >= 15 is 0 Å². The van der Waals surface area contributed by atoms with E-state index in [2.05, 4.69) is 20.9 Å². The number of nitrogens with zero attached hydrogens (tertiary/aromatic N) is 3. The van der Waals surface area contributed by atoms with Crippen molar-refractivity contribution in [3.05, 3.63) is 99.1 Å². The number of hydrogen-bond acceptors (Lipinski definition) is 8. The Kier molecular flexibility index (Phi) is 6.49. The first-order valence-corrected chi connectivity index (χ1v) is 11.7. The molecule has 1 N–H and O–H groups in total. The fourth-order valence-corrected chi connectivity index (χ4v) is 5.28. The molecule has 9 nitrogen and oxygen atoms in total. The first-order chi connectivity index (χ1) is 16.3. The first-order valence-electron chi connectivity index (χ1n) is 10.1. The van der Waals surface area contributed by atoms with Gasteiger partial charge in [0.25, 0.3) is 5.56 Å². The molecule has 11 heteroatoms. The number of fused-ring (bicyclic) bond motifs is 1. The number of aromatic nitrogens is 1. The predicted octanol–water partition coefficient (Wildman–Crippen LogP) is 3.17. The van der Waals surface area contributed by atoms with Gasteiger partial charge in [-0.15, -0.1) is 0 Å². The van der Waals surface area contributed by atoms with Crippen molar-refractivity contribution in [2.45, 2.75) is 19.4 Å². The number of benzene rings is 2. The molecule has 0 saturated heterocycles. The van der Waals surface area contributed by atoms with Crippen LogP contribution in [-0.2, 0) is 9.53 Å². The van der Waals surface area contributed by atoms with Crippen molar-refractivity contribution < 1.29 is 19.6 Å². The number of nitro groups is 1. The Morgan fingerprint density at radius 3 is 2.68 bits per heavy atom. The van der Waals surface area contributed by atoms with Gasteiger partial charge in [-0.25, -0.2) is 9.79 Å². The van der Waals surface area contributed by atoms with Gasteiger partial charge in [-0.2, -0.15) is 0 Å². The summed E-state index contributed by atoms with van der Waals surface area (Å²) in [7, 11) is 1.28. The SMILES string of the molecule is CCC1=C(C(=O)OC)[C@@H](c2ccccc2)n2c(s/c(=C\c3cc(Br)c(O)c([N+](=O)[O-])c3)c2=O)=N1. The van der Waals surface area contributed by atoms with Gasteiger partial charge in [0.05, 0.1) is 38.4 Å². The summed E-state index contributed by atoms with van der Waals surface area (Å²) in [5.74, 6) is -1.06. The minimum absolute atomic E-state index is 0.129. The molecule has 0 unspecified atom stereocenters. The summed E-state index contributed by atoms with van der Waals surface area (Å²) < 4.78 is 6.87. The molecule has 1 aliphatic rings. The van der Waals surface area contributed by atoms with Gasteiger partial charge in [-0.1, -0.05) is 48.6 Å². The summed E-state index contributed by atoms with van der Waals surface area (Å²) in [6, 6.07) is 11.1. The molecule has 0 bridgehead atoms. The van der Waals surface area contributed by atoms with E-state index < -0.39 is 33.9 Å². The van der Waals surface area contributed by atoms with Gasteiger partial charge in [-0.05, 0) is 45.6 Å². The third kappa shape index (κ3) is 4.08. The lowest BCUT2D eigenvalue weighted by molar-refractivity contribution is -0.386. The maximum absolute atomic E-state index is 13.5. The molecule has 1 atom stereocenters. The topological polar surface area (TPSA) is 124 Å². The standard InChI is InChI=1S/C23H18BrN3O6S/c1-3-15-18(22(30)33-2)19(13-7-5-4-6-8-13)26-21(29)17(34-23(26)25-15)11-12-9-14(24)20(28)16(10-12)27(31)32/h4-11,19,28H,3H2,1-2H3/b17-11-/t19-/m1/s1. The van der Waals surface area contributed by atoms with Crippen LogP contribution in [0, 0.1) is 10.1 Å². The van der Waals surface area contributed by atoms with Crippen LogP contribution in [0.4, 0.5) is 5.69 Å². The summed E-state index contributed by atoms with van der Waals surface area (Å²) in [4.78, 5) is 41.9. The second-order valence-corrected chi connectivity index (χ2v) is 9.19. The fraction of sp³-hybridized carbons (Fsp3) is 0.174. The summed E-state index contributed by atoms with van der Waals surface area (Å²) in [5, 5.41) is 21.2. The molecule has 2 aromatic carbocycles. The van der Waals surface area contributed by atoms with Gasteiger partial charge in [0.1, 0.15) is 0 Å². The molecule has 174 valence electrons. The lowest BCUT2D eigenvalue weighted by atomic mass is 9.95. The van der Waals surface area contributed by atoms with Crippen molar-refractivity contribution >= 4 is 45.0 Å². The zero-order chi connectivity index (χ0) is 24.6. The number of aromatic hydroxyl groups is 1. The van der Waals surface area contributed by atoms with Crippen LogP contribution >= 0.6 is 27.3 Å². The van der Waals surface area contributed by atoms with Crippen molar-refractivity contribution in [3.63, 3.8) is 0 Å². The Morgan fingerprint density at radius 1 is 1.35 bits per heavy atom. The highest BCUT2D eigenvalue weighted by molar-refractivity contribution is 9.10. The minimum Gasteiger partial charge on any atom is -0.501 e. The molecule has 0 fully saturated rings. The molecule has 0 aliphatic carbocycles. The lowest BCUT2D eigenvalue weighted by Gasteiger charge is -2.25. The van der Waals surface area contributed by atoms with Crippen LogP contribution < -0.4 is 14.9 Å². The van der Waals surface area contributed by atoms with Gasteiger partial charge < -0.3 is 9.84 Å². The van der Waals surface area contributed by atoms with Crippen LogP contribution in [0.1, 0.15) is 30.5 Å². The molecule has 0 spiro atoms. The van der Waals surface area contributed by atoms with E-state index in [1.807, 2.05) is 37.3 Å². The number of carbonyl (C=O) groups is 1. The van der Waals surface area contributed by atoms with Gasteiger partial charge in [0, 0.05) is 6.07 Å². The van der Waals surface area contributed by atoms with Crippen molar-refractivity contribution in [2.24, 2.45) is 4.99 Å². The smallest absolute Gasteiger partial charge is 0.338 e. The molecule has 34 heavy (non-hydrogen) atoms. The number of esters is 1. The van der Waals surface area contributed by atoms with Crippen LogP contribution in [0.5, 0.6) is 5.75 Å². The molecule has 0 radical (unpaired) electrons. The monoisotopic (exact) mass is 543 g/mol. The number of phenols is 1. The molecule has 1 aliphatic heterocycles. The molecule has 0 saturated carbocycles. The molecule has 4 rings (SSSR count). The Bertz CT molecular complexity index is 1520. The van der Waals surface area contributed by atoms with E-state index in [-0.39, 0.29) is 14.6 Å². The molecular weight excluding hydrogens is 526 g/mol. The Hall–Kier alpha value is -3.57. The number of phenolic OH excluding ortho intramolecular Hbond substituents is 1. The molecule has 1 aromatic heterocycles.